The molecule has 0 aliphatic carbocycles. The Labute approximate surface area is 171 Å². The fourth-order valence-corrected chi connectivity index (χ4v) is 2.17. The Morgan fingerprint density at radius 3 is 2.04 bits per heavy atom. The number of nitrogens with zero attached hydrogens (tertiary/aromatic N) is 1. The van der Waals surface area contributed by atoms with E-state index in [2.05, 4.69) is 10.3 Å². The summed E-state index contributed by atoms with van der Waals surface area (Å²) in [7, 11) is 3.29. The van der Waals surface area contributed by atoms with Crippen molar-refractivity contribution in [3.8, 4) is 17.2 Å². The number of benzene rings is 2. The summed E-state index contributed by atoms with van der Waals surface area (Å²) in [6.45, 7) is 1.72. The highest BCUT2D eigenvalue weighted by Gasteiger charge is 1.97. The van der Waals surface area contributed by atoms with Crippen molar-refractivity contribution >= 4 is 29.9 Å². The maximum atomic E-state index is 5.85. The number of methoxy groups -OCH3 is 2. The van der Waals surface area contributed by atoms with Crippen molar-refractivity contribution in [3.05, 3.63) is 54.1 Å². The largest absolute Gasteiger partial charge is 0.497 e. The number of nitrogens with two attached hydrogens (primary N) is 1. The average Bonchev–Trinajstić information content (AvgIpc) is 2.66. The van der Waals surface area contributed by atoms with Gasteiger partial charge in [-0.05, 0) is 48.4 Å². The molecule has 0 aromatic heterocycles. The van der Waals surface area contributed by atoms with Crippen LogP contribution in [0, 0.1) is 0 Å². The second kappa shape index (κ2) is 12.2. The van der Waals surface area contributed by atoms with E-state index in [-0.39, 0.29) is 24.0 Å². The summed E-state index contributed by atoms with van der Waals surface area (Å²) < 4.78 is 15.8. The van der Waals surface area contributed by atoms with Crippen LogP contribution in [0.1, 0.15) is 5.56 Å². The molecule has 2 aromatic rings. The standard InChI is InChI=1S/C19H25N3O3.HI/c1-23-16-5-3-15(4-6-16)11-12-21-19(20)22-13-14-25-18-9-7-17(24-2)8-10-18;/h3-10H,11-14H2,1-2H3,(H3,20,21,22);1H. The van der Waals surface area contributed by atoms with Gasteiger partial charge in [-0.15, -0.1) is 24.0 Å². The van der Waals surface area contributed by atoms with Crippen molar-refractivity contribution in [2.75, 3.05) is 33.9 Å². The number of hydrogen-bond donors (Lipinski definition) is 2. The lowest BCUT2D eigenvalue weighted by Gasteiger charge is -2.09. The molecule has 0 heterocycles. The van der Waals surface area contributed by atoms with Gasteiger partial charge in [0, 0.05) is 6.54 Å². The molecule has 0 saturated heterocycles. The SMILES string of the molecule is COc1ccc(CCN=C(N)NCCOc2ccc(OC)cc2)cc1.I. The van der Waals surface area contributed by atoms with Gasteiger partial charge in [0.1, 0.15) is 23.9 Å². The molecule has 0 radical (unpaired) electrons. The smallest absolute Gasteiger partial charge is 0.188 e. The zero-order valence-electron chi connectivity index (χ0n) is 15.1. The van der Waals surface area contributed by atoms with Crippen molar-refractivity contribution in [3.63, 3.8) is 0 Å². The summed E-state index contributed by atoms with van der Waals surface area (Å²) in [5, 5.41) is 3.04. The third-order valence-electron chi connectivity index (χ3n) is 3.58. The van der Waals surface area contributed by atoms with E-state index < -0.39 is 0 Å². The van der Waals surface area contributed by atoms with Gasteiger partial charge in [-0.25, -0.2) is 0 Å². The van der Waals surface area contributed by atoms with Crippen LogP contribution in [0.5, 0.6) is 17.2 Å². The molecule has 3 N–H and O–H groups in total. The zero-order valence-corrected chi connectivity index (χ0v) is 17.4. The summed E-state index contributed by atoms with van der Waals surface area (Å²) in [5.41, 5.74) is 7.04. The highest BCUT2D eigenvalue weighted by molar-refractivity contribution is 14.0. The Kier molecular flexibility index (Phi) is 10.3. The van der Waals surface area contributed by atoms with Gasteiger partial charge in [-0.1, -0.05) is 12.1 Å². The molecule has 0 bridgehead atoms. The fraction of sp³-hybridized carbons (Fsp3) is 0.316. The molecule has 0 aliphatic heterocycles. The van der Waals surface area contributed by atoms with Crippen molar-refractivity contribution in [2.24, 2.45) is 10.7 Å². The van der Waals surface area contributed by atoms with Gasteiger partial charge in [-0.3, -0.25) is 4.99 Å². The molecule has 0 amide bonds. The van der Waals surface area contributed by atoms with Crippen LogP contribution in [0.3, 0.4) is 0 Å². The lowest BCUT2D eigenvalue weighted by Crippen LogP contribution is -2.34. The highest BCUT2D eigenvalue weighted by Crippen LogP contribution is 2.16. The average molecular weight is 471 g/mol. The highest BCUT2D eigenvalue weighted by atomic mass is 127. The molecule has 2 rings (SSSR count). The maximum absolute atomic E-state index is 5.85. The summed E-state index contributed by atoms with van der Waals surface area (Å²) in [5.74, 6) is 2.87. The van der Waals surface area contributed by atoms with E-state index in [1.54, 1.807) is 14.2 Å². The molecule has 0 saturated carbocycles. The Balaban J connectivity index is 0.00000338. The number of nitrogens with one attached hydrogen (secondary N) is 1. The fourth-order valence-electron chi connectivity index (χ4n) is 2.17. The maximum Gasteiger partial charge on any atom is 0.188 e. The molecule has 0 fully saturated rings. The first-order valence-corrected chi connectivity index (χ1v) is 8.15. The topological polar surface area (TPSA) is 78.1 Å². The van der Waals surface area contributed by atoms with E-state index in [1.807, 2.05) is 48.5 Å². The molecular weight excluding hydrogens is 445 g/mol. The summed E-state index contributed by atoms with van der Waals surface area (Å²) in [6, 6.07) is 15.4. The predicted octanol–water partition coefficient (Wildman–Crippen LogP) is 2.85. The first-order chi connectivity index (χ1) is 12.2. The van der Waals surface area contributed by atoms with E-state index in [9.17, 15) is 0 Å². The van der Waals surface area contributed by atoms with Crippen LogP contribution >= 0.6 is 24.0 Å². The zero-order chi connectivity index (χ0) is 17.9. The minimum atomic E-state index is 0. The van der Waals surface area contributed by atoms with Crippen molar-refractivity contribution in [2.45, 2.75) is 6.42 Å². The van der Waals surface area contributed by atoms with Crippen molar-refractivity contribution < 1.29 is 14.2 Å². The first kappa shape index (κ1) is 21.9. The van der Waals surface area contributed by atoms with Gasteiger partial charge >= 0.3 is 0 Å². The molecule has 26 heavy (non-hydrogen) atoms. The minimum absolute atomic E-state index is 0. The van der Waals surface area contributed by atoms with Crippen molar-refractivity contribution in [1.82, 2.24) is 5.32 Å². The Bertz CT molecular complexity index is 661. The monoisotopic (exact) mass is 471 g/mol. The molecule has 0 aliphatic rings. The Morgan fingerprint density at radius 1 is 0.923 bits per heavy atom. The number of ether oxygens (including phenoxy) is 3. The third-order valence-corrected chi connectivity index (χ3v) is 3.58. The first-order valence-electron chi connectivity index (χ1n) is 8.15. The molecule has 0 spiro atoms. The number of hydrogen-bond acceptors (Lipinski definition) is 4. The van der Waals surface area contributed by atoms with E-state index >= 15 is 0 Å². The van der Waals surface area contributed by atoms with Gasteiger partial charge < -0.3 is 25.3 Å². The van der Waals surface area contributed by atoms with Crippen LogP contribution in [0.4, 0.5) is 0 Å². The van der Waals surface area contributed by atoms with Crippen LogP contribution in [0.15, 0.2) is 53.5 Å². The van der Waals surface area contributed by atoms with Crippen LogP contribution in [-0.4, -0.2) is 39.9 Å². The lowest BCUT2D eigenvalue weighted by molar-refractivity contribution is 0.321. The van der Waals surface area contributed by atoms with Gasteiger partial charge in [0.15, 0.2) is 5.96 Å². The number of guanidine groups is 1. The van der Waals surface area contributed by atoms with Gasteiger partial charge in [-0.2, -0.15) is 0 Å². The molecule has 2 aromatic carbocycles. The van der Waals surface area contributed by atoms with E-state index in [4.69, 9.17) is 19.9 Å². The Hall–Kier alpha value is -2.16. The quantitative estimate of drug-likeness (QED) is 0.255. The van der Waals surface area contributed by atoms with Crippen molar-refractivity contribution in [1.29, 1.82) is 0 Å². The predicted molar refractivity (Wildman–Crippen MR) is 115 cm³/mol. The number of halogens is 1. The molecule has 7 heteroatoms. The van der Waals surface area contributed by atoms with Crippen LogP contribution in [-0.2, 0) is 6.42 Å². The number of aliphatic imine (C=N–C) groups is 1. The molecule has 6 nitrogen and oxygen atoms in total. The minimum Gasteiger partial charge on any atom is -0.497 e. The molecule has 142 valence electrons. The van der Waals surface area contributed by atoms with Crippen LogP contribution in [0.25, 0.3) is 0 Å². The van der Waals surface area contributed by atoms with E-state index in [0.717, 1.165) is 23.7 Å². The Morgan fingerprint density at radius 2 is 1.46 bits per heavy atom. The van der Waals surface area contributed by atoms with Gasteiger partial charge in [0.05, 0.1) is 20.8 Å². The summed E-state index contributed by atoms with van der Waals surface area (Å²) in [6.07, 6.45) is 0.828. The second-order valence-corrected chi connectivity index (χ2v) is 5.32. The molecule has 0 atom stereocenters. The third kappa shape index (κ3) is 7.81. The van der Waals surface area contributed by atoms with Gasteiger partial charge in [0.25, 0.3) is 0 Å². The normalized spacial score (nSPS) is 10.6. The van der Waals surface area contributed by atoms with Gasteiger partial charge in [0.2, 0.25) is 0 Å². The summed E-state index contributed by atoms with van der Waals surface area (Å²) >= 11 is 0. The number of rotatable bonds is 9. The lowest BCUT2D eigenvalue weighted by atomic mass is 10.1. The molecule has 0 unspecified atom stereocenters. The van der Waals surface area contributed by atoms with Crippen LogP contribution < -0.4 is 25.3 Å². The second-order valence-electron chi connectivity index (χ2n) is 5.32. The van der Waals surface area contributed by atoms with E-state index in [1.165, 1.54) is 5.56 Å². The van der Waals surface area contributed by atoms with Crippen LogP contribution in [0.2, 0.25) is 0 Å². The molecular formula is C19H26IN3O3. The van der Waals surface area contributed by atoms with E-state index in [0.29, 0.717) is 25.7 Å². The summed E-state index contributed by atoms with van der Waals surface area (Å²) in [4.78, 5) is 4.31.